The second-order valence-electron chi connectivity index (χ2n) is 3.74. The van der Waals surface area contributed by atoms with Crippen LogP contribution in [0.4, 0.5) is 10.9 Å². The van der Waals surface area contributed by atoms with E-state index >= 15 is 0 Å². The molecule has 0 spiro atoms. The summed E-state index contributed by atoms with van der Waals surface area (Å²) in [4.78, 5) is 4.02. The van der Waals surface area contributed by atoms with E-state index in [1.165, 1.54) is 11.3 Å². The SMILES string of the molecule is C=CCOc1ccc(C=NNc2nc(N)cs2)cc1Cl. The van der Waals surface area contributed by atoms with Crippen molar-refractivity contribution in [2.24, 2.45) is 5.10 Å². The van der Waals surface area contributed by atoms with Gasteiger partial charge in [0.2, 0.25) is 5.13 Å². The third-order valence-electron chi connectivity index (χ3n) is 2.21. The first-order chi connectivity index (χ1) is 9.69. The summed E-state index contributed by atoms with van der Waals surface area (Å²) in [5.74, 6) is 1.09. The summed E-state index contributed by atoms with van der Waals surface area (Å²) in [6.07, 6.45) is 3.30. The molecule has 0 aliphatic rings. The highest BCUT2D eigenvalue weighted by atomic mass is 35.5. The number of nitrogens with two attached hydrogens (primary N) is 1. The first-order valence-corrected chi connectivity index (χ1v) is 6.98. The summed E-state index contributed by atoms with van der Waals surface area (Å²) in [5, 5.41) is 6.95. The van der Waals surface area contributed by atoms with Gasteiger partial charge in [0.05, 0.1) is 11.2 Å². The summed E-state index contributed by atoms with van der Waals surface area (Å²) in [6, 6.07) is 5.40. The lowest BCUT2D eigenvalue weighted by Gasteiger charge is -2.05. The van der Waals surface area contributed by atoms with Crippen LogP contribution in [0, 0.1) is 0 Å². The summed E-state index contributed by atoms with van der Waals surface area (Å²) in [5.41, 5.74) is 9.14. The Bertz CT molecular complexity index is 627. The molecule has 0 atom stereocenters. The highest BCUT2D eigenvalue weighted by molar-refractivity contribution is 7.14. The molecular weight excluding hydrogens is 296 g/mol. The van der Waals surface area contributed by atoms with Crippen LogP contribution in [0.1, 0.15) is 5.56 Å². The molecule has 0 radical (unpaired) electrons. The average Bonchev–Trinajstić information content (AvgIpc) is 2.84. The number of halogens is 1. The number of hydrazone groups is 1. The zero-order chi connectivity index (χ0) is 14.4. The van der Waals surface area contributed by atoms with E-state index in [1.54, 1.807) is 29.8 Å². The molecule has 0 fully saturated rings. The number of hydrogen-bond donors (Lipinski definition) is 2. The molecule has 20 heavy (non-hydrogen) atoms. The molecule has 0 saturated carbocycles. The van der Waals surface area contributed by atoms with Gasteiger partial charge in [-0.2, -0.15) is 5.10 Å². The molecule has 7 heteroatoms. The average molecular weight is 309 g/mol. The van der Waals surface area contributed by atoms with Crippen molar-refractivity contribution in [1.29, 1.82) is 0 Å². The van der Waals surface area contributed by atoms with E-state index < -0.39 is 0 Å². The molecule has 0 amide bonds. The van der Waals surface area contributed by atoms with Gasteiger partial charge in [-0.15, -0.1) is 11.3 Å². The minimum absolute atomic E-state index is 0.417. The Morgan fingerprint density at radius 3 is 3.05 bits per heavy atom. The van der Waals surface area contributed by atoms with Crippen LogP contribution >= 0.6 is 22.9 Å². The maximum Gasteiger partial charge on any atom is 0.205 e. The van der Waals surface area contributed by atoms with Gasteiger partial charge < -0.3 is 10.5 Å². The monoisotopic (exact) mass is 308 g/mol. The number of nitrogens with zero attached hydrogens (tertiary/aromatic N) is 2. The Morgan fingerprint density at radius 2 is 2.40 bits per heavy atom. The molecule has 5 nitrogen and oxygen atoms in total. The van der Waals surface area contributed by atoms with E-state index in [0.29, 0.717) is 28.3 Å². The topological polar surface area (TPSA) is 72.5 Å². The fourth-order valence-corrected chi connectivity index (χ4v) is 2.15. The molecule has 1 heterocycles. The van der Waals surface area contributed by atoms with Crippen LogP contribution in [-0.2, 0) is 0 Å². The number of anilines is 2. The molecule has 0 aliphatic heterocycles. The number of nitrogen functional groups attached to an aromatic ring is 1. The summed E-state index contributed by atoms with van der Waals surface area (Å²) >= 11 is 7.48. The standard InChI is InChI=1S/C13H13ClN4OS/c1-2-5-19-11-4-3-9(6-10(11)14)7-16-18-13-17-12(15)8-20-13/h2-4,6-8H,1,5,15H2,(H,17,18). The van der Waals surface area contributed by atoms with Crippen LogP contribution in [0.25, 0.3) is 0 Å². The van der Waals surface area contributed by atoms with Gasteiger partial charge in [-0.1, -0.05) is 24.3 Å². The van der Waals surface area contributed by atoms with Gasteiger partial charge in [0.1, 0.15) is 18.2 Å². The van der Waals surface area contributed by atoms with Gasteiger partial charge >= 0.3 is 0 Å². The second kappa shape index (κ2) is 6.93. The lowest BCUT2D eigenvalue weighted by molar-refractivity contribution is 0.363. The number of ether oxygens (including phenoxy) is 1. The number of nitrogens with one attached hydrogen (secondary N) is 1. The largest absolute Gasteiger partial charge is 0.488 e. The van der Waals surface area contributed by atoms with Crippen LogP contribution in [0.3, 0.4) is 0 Å². The Kier molecular flexibility index (Phi) is 4.97. The molecule has 0 aliphatic carbocycles. The fraction of sp³-hybridized carbons (Fsp3) is 0.0769. The van der Waals surface area contributed by atoms with Gasteiger partial charge in [-0.05, 0) is 23.8 Å². The van der Waals surface area contributed by atoms with Crippen LogP contribution < -0.4 is 15.9 Å². The second-order valence-corrected chi connectivity index (χ2v) is 5.00. The van der Waals surface area contributed by atoms with Crippen LogP contribution in [0.15, 0.2) is 41.3 Å². The molecule has 2 rings (SSSR count). The molecule has 1 aromatic carbocycles. The quantitative estimate of drug-likeness (QED) is 0.487. The van der Waals surface area contributed by atoms with E-state index in [2.05, 4.69) is 22.1 Å². The lowest BCUT2D eigenvalue weighted by Crippen LogP contribution is -1.95. The van der Waals surface area contributed by atoms with Crippen molar-refractivity contribution < 1.29 is 4.74 Å². The summed E-state index contributed by atoms with van der Waals surface area (Å²) < 4.78 is 5.39. The first kappa shape index (κ1) is 14.4. The van der Waals surface area contributed by atoms with Crippen LogP contribution in [0.2, 0.25) is 5.02 Å². The smallest absolute Gasteiger partial charge is 0.205 e. The number of thiazole rings is 1. The Morgan fingerprint density at radius 1 is 1.55 bits per heavy atom. The zero-order valence-corrected chi connectivity index (χ0v) is 12.1. The van der Waals surface area contributed by atoms with Gasteiger partial charge in [0.15, 0.2) is 0 Å². The van der Waals surface area contributed by atoms with Gasteiger partial charge in [0.25, 0.3) is 0 Å². The number of benzene rings is 1. The van der Waals surface area contributed by atoms with Crippen molar-refractivity contribution in [1.82, 2.24) is 4.98 Å². The van der Waals surface area contributed by atoms with Crippen LogP contribution in [-0.4, -0.2) is 17.8 Å². The molecular formula is C13H13ClN4OS. The number of aromatic nitrogens is 1. The third-order valence-corrected chi connectivity index (χ3v) is 3.27. The predicted octanol–water partition coefficient (Wildman–Crippen LogP) is 3.39. The Hall–Kier alpha value is -2.05. The molecule has 104 valence electrons. The van der Waals surface area contributed by atoms with Crippen molar-refractivity contribution in [3.63, 3.8) is 0 Å². The lowest BCUT2D eigenvalue weighted by atomic mass is 10.2. The Labute approximate surface area is 125 Å². The van der Waals surface area contributed by atoms with E-state index in [9.17, 15) is 0 Å². The van der Waals surface area contributed by atoms with Gasteiger partial charge in [-0.25, -0.2) is 4.98 Å². The van der Waals surface area contributed by atoms with E-state index in [-0.39, 0.29) is 0 Å². The van der Waals surface area contributed by atoms with Crippen molar-refractivity contribution >= 4 is 40.1 Å². The van der Waals surface area contributed by atoms with Gasteiger partial charge in [-0.3, -0.25) is 5.43 Å². The van der Waals surface area contributed by atoms with Crippen molar-refractivity contribution in [2.45, 2.75) is 0 Å². The van der Waals surface area contributed by atoms with E-state index in [4.69, 9.17) is 22.1 Å². The summed E-state index contributed by atoms with van der Waals surface area (Å²) in [6.45, 7) is 4.00. The molecule has 3 N–H and O–H groups in total. The zero-order valence-electron chi connectivity index (χ0n) is 10.5. The molecule has 2 aromatic rings. The minimum atomic E-state index is 0.417. The minimum Gasteiger partial charge on any atom is -0.488 e. The van der Waals surface area contributed by atoms with Crippen molar-refractivity contribution in [3.05, 3.63) is 46.8 Å². The Balaban J connectivity index is 1.99. The number of hydrogen-bond acceptors (Lipinski definition) is 6. The maximum atomic E-state index is 6.10. The fourth-order valence-electron chi connectivity index (χ4n) is 1.36. The van der Waals surface area contributed by atoms with Crippen molar-refractivity contribution in [2.75, 3.05) is 17.8 Å². The highest BCUT2D eigenvalue weighted by Crippen LogP contribution is 2.25. The van der Waals surface area contributed by atoms with Gasteiger partial charge in [0, 0.05) is 5.38 Å². The highest BCUT2D eigenvalue weighted by Gasteiger charge is 2.01. The molecule has 0 unspecified atom stereocenters. The maximum absolute atomic E-state index is 6.10. The number of rotatable bonds is 6. The van der Waals surface area contributed by atoms with E-state index in [1.807, 2.05) is 6.07 Å². The normalized spacial score (nSPS) is 10.7. The third kappa shape index (κ3) is 3.97. The molecule has 0 saturated heterocycles. The van der Waals surface area contributed by atoms with Crippen LogP contribution in [0.5, 0.6) is 5.75 Å². The molecule has 1 aromatic heterocycles. The summed E-state index contributed by atoms with van der Waals surface area (Å²) in [7, 11) is 0. The van der Waals surface area contributed by atoms with Crippen molar-refractivity contribution in [3.8, 4) is 5.75 Å². The van der Waals surface area contributed by atoms with E-state index in [0.717, 1.165) is 5.56 Å². The predicted molar refractivity (Wildman–Crippen MR) is 84.9 cm³/mol. The first-order valence-electron chi connectivity index (χ1n) is 5.72. The molecule has 0 bridgehead atoms.